The molecule has 0 N–H and O–H groups in total. The van der Waals surface area contributed by atoms with E-state index in [1.54, 1.807) is 0 Å². The fraction of sp³-hybridized carbons (Fsp3) is 0.176. The summed E-state index contributed by atoms with van der Waals surface area (Å²) >= 11 is 2.22. The minimum Gasteiger partial charge on any atom is -0.309 e. The summed E-state index contributed by atoms with van der Waals surface area (Å²) < 4.78 is 25.1. The van der Waals surface area contributed by atoms with E-state index in [-0.39, 0.29) is 6.10 Å². The van der Waals surface area contributed by atoms with Crippen LogP contribution in [0.3, 0.4) is 0 Å². The second-order valence-electron chi connectivity index (χ2n) is 5.14. The van der Waals surface area contributed by atoms with Crippen molar-refractivity contribution in [2.45, 2.75) is 13.0 Å². The summed E-state index contributed by atoms with van der Waals surface area (Å²) in [7, 11) is -1.86. The molecule has 1 heterocycles. The molecule has 0 fully saturated rings. The van der Waals surface area contributed by atoms with Gasteiger partial charge in [-0.25, -0.2) is 0 Å². The first-order chi connectivity index (χ1) is 10.5. The number of hydrogen-bond acceptors (Lipinski definition) is 3. The molecule has 0 bridgehead atoms. The molecule has 3 nitrogen and oxygen atoms in total. The minimum atomic E-state index is -3.30. The van der Waals surface area contributed by atoms with E-state index in [9.17, 15) is 4.57 Å². The first-order valence-electron chi connectivity index (χ1n) is 6.91. The Kier molecular flexibility index (Phi) is 4.55. The Labute approximate surface area is 144 Å². The monoisotopic (exact) mass is 426 g/mol. The van der Waals surface area contributed by atoms with Gasteiger partial charge in [-0.2, -0.15) is 0 Å². The summed E-state index contributed by atoms with van der Waals surface area (Å²) in [5.74, 6) is 0. The molecule has 3 rings (SSSR count). The van der Waals surface area contributed by atoms with Crippen LogP contribution in [0.1, 0.15) is 22.8 Å². The Bertz CT molecular complexity index is 753. The molecule has 0 spiro atoms. The highest BCUT2D eigenvalue weighted by molar-refractivity contribution is 14.1. The van der Waals surface area contributed by atoms with Crippen molar-refractivity contribution in [3.8, 4) is 0 Å². The lowest BCUT2D eigenvalue weighted by molar-refractivity contribution is 0.213. The highest BCUT2D eigenvalue weighted by Crippen LogP contribution is 2.71. The van der Waals surface area contributed by atoms with Crippen LogP contribution in [-0.2, 0) is 13.6 Å². The molecule has 1 aliphatic rings. The summed E-state index contributed by atoms with van der Waals surface area (Å²) in [5.41, 5.74) is 3.05. The molecule has 0 saturated carbocycles. The van der Waals surface area contributed by atoms with Gasteiger partial charge in [-0.1, -0.05) is 60.2 Å². The Hall–Kier alpha value is -0.940. The lowest BCUT2D eigenvalue weighted by Gasteiger charge is -2.15. The van der Waals surface area contributed by atoms with Gasteiger partial charge in [-0.05, 0) is 40.6 Å². The maximum Gasteiger partial charge on any atom is 0.363 e. The lowest BCUT2D eigenvalue weighted by Crippen LogP contribution is -1.97. The third-order valence-corrected chi connectivity index (χ3v) is 7.19. The molecule has 0 amide bonds. The third kappa shape index (κ3) is 2.81. The van der Waals surface area contributed by atoms with E-state index in [0.29, 0.717) is 5.31 Å². The fourth-order valence-corrected chi connectivity index (χ4v) is 6.08. The van der Waals surface area contributed by atoms with Crippen LogP contribution in [0.15, 0.2) is 58.2 Å². The average Bonchev–Trinajstić information content (AvgIpc) is 2.81. The smallest absolute Gasteiger partial charge is 0.309 e. The molecule has 0 radical (unpaired) electrons. The van der Waals surface area contributed by atoms with Gasteiger partial charge >= 0.3 is 7.60 Å². The Morgan fingerprint density at radius 1 is 1.09 bits per heavy atom. The van der Waals surface area contributed by atoms with Gasteiger partial charge in [0.15, 0.2) is 0 Å². The van der Waals surface area contributed by atoms with Crippen LogP contribution in [0.2, 0.25) is 0 Å². The number of benzene rings is 2. The third-order valence-electron chi connectivity index (χ3n) is 3.64. The highest BCUT2D eigenvalue weighted by Gasteiger charge is 2.44. The molecule has 0 aromatic heterocycles. The summed E-state index contributed by atoms with van der Waals surface area (Å²) in [6.45, 7) is 2.04. The highest BCUT2D eigenvalue weighted by atomic mass is 127. The van der Waals surface area contributed by atoms with Gasteiger partial charge in [-0.15, -0.1) is 0 Å². The van der Waals surface area contributed by atoms with Crippen molar-refractivity contribution in [2.24, 2.45) is 0 Å². The minimum absolute atomic E-state index is 0.345. The lowest BCUT2D eigenvalue weighted by atomic mass is 10.1. The zero-order valence-electron chi connectivity index (χ0n) is 12.3. The van der Waals surface area contributed by atoms with Gasteiger partial charge in [0.2, 0.25) is 0 Å². The molecule has 22 heavy (non-hydrogen) atoms. The number of aryl methyl sites for hydroxylation is 1. The standard InChI is InChI=1S/C17H16IO3P/c1-12-8-10-13(11-9-12)16-15(18)17(22(19,20-2)21-16)14-6-4-3-5-7-14/h3-11,16H,1-2H3. The molecule has 2 aromatic rings. The van der Waals surface area contributed by atoms with Gasteiger partial charge in [0, 0.05) is 10.7 Å². The summed E-state index contributed by atoms with van der Waals surface area (Å²) in [6.07, 6.45) is -0.345. The molecule has 1 aliphatic heterocycles. The first kappa shape index (κ1) is 15.9. The Morgan fingerprint density at radius 3 is 2.32 bits per heavy atom. The van der Waals surface area contributed by atoms with Gasteiger partial charge in [0.1, 0.15) is 6.10 Å². The van der Waals surface area contributed by atoms with Crippen molar-refractivity contribution in [1.29, 1.82) is 0 Å². The molecule has 2 unspecified atom stereocenters. The van der Waals surface area contributed by atoms with E-state index in [1.807, 2.05) is 61.5 Å². The van der Waals surface area contributed by atoms with Crippen LogP contribution >= 0.6 is 30.2 Å². The van der Waals surface area contributed by atoms with Gasteiger partial charge in [0.05, 0.1) is 5.31 Å². The van der Waals surface area contributed by atoms with Crippen molar-refractivity contribution >= 4 is 35.5 Å². The van der Waals surface area contributed by atoms with Crippen molar-refractivity contribution in [1.82, 2.24) is 0 Å². The molecular weight excluding hydrogens is 410 g/mol. The largest absolute Gasteiger partial charge is 0.363 e. The van der Waals surface area contributed by atoms with E-state index in [1.165, 1.54) is 12.7 Å². The predicted octanol–water partition coefficient (Wildman–Crippen LogP) is 5.71. The van der Waals surface area contributed by atoms with Crippen molar-refractivity contribution < 1.29 is 13.6 Å². The summed E-state index contributed by atoms with van der Waals surface area (Å²) in [4.78, 5) is 0. The topological polar surface area (TPSA) is 35.5 Å². The normalized spacial score (nSPS) is 24.8. The molecule has 5 heteroatoms. The maximum atomic E-state index is 13.1. The SMILES string of the molecule is COP1(=O)OC(c2ccc(C)cc2)C(I)=C1c1ccccc1. The van der Waals surface area contributed by atoms with Crippen LogP contribution in [0.4, 0.5) is 0 Å². The van der Waals surface area contributed by atoms with Gasteiger partial charge in [0.25, 0.3) is 0 Å². The van der Waals surface area contributed by atoms with Crippen molar-refractivity contribution in [3.05, 3.63) is 74.9 Å². The quantitative estimate of drug-likeness (QED) is 0.466. The summed E-state index contributed by atoms with van der Waals surface area (Å²) in [6, 6.07) is 17.7. The number of hydrogen-bond donors (Lipinski definition) is 0. The zero-order valence-corrected chi connectivity index (χ0v) is 15.4. The Balaban J connectivity index is 2.11. The van der Waals surface area contributed by atoms with Crippen LogP contribution < -0.4 is 0 Å². The van der Waals surface area contributed by atoms with Crippen molar-refractivity contribution in [2.75, 3.05) is 7.11 Å². The van der Waals surface area contributed by atoms with Crippen molar-refractivity contribution in [3.63, 3.8) is 0 Å². The first-order valence-corrected chi connectivity index (χ1v) is 9.54. The zero-order chi connectivity index (χ0) is 15.7. The van der Waals surface area contributed by atoms with E-state index < -0.39 is 7.60 Å². The van der Waals surface area contributed by atoms with Gasteiger partial charge < -0.3 is 4.52 Å². The maximum absolute atomic E-state index is 13.1. The van der Waals surface area contributed by atoms with Crippen LogP contribution in [0.5, 0.6) is 0 Å². The second kappa shape index (κ2) is 6.28. The van der Waals surface area contributed by atoms with Crippen LogP contribution in [0, 0.1) is 6.92 Å². The van der Waals surface area contributed by atoms with E-state index >= 15 is 0 Å². The second-order valence-corrected chi connectivity index (χ2v) is 8.32. The van der Waals surface area contributed by atoms with E-state index in [2.05, 4.69) is 22.6 Å². The Morgan fingerprint density at radius 2 is 1.73 bits per heavy atom. The van der Waals surface area contributed by atoms with E-state index in [4.69, 9.17) is 9.05 Å². The molecule has 2 atom stereocenters. The average molecular weight is 426 g/mol. The molecule has 0 aliphatic carbocycles. The molecular formula is C17H16IO3P. The van der Waals surface area contributed by atoms with E-state index in [0.717, 1.165) is 14.7 Å². The molecule has 0 saturated heterocycles. The summed E-state index contributed by atoms with van der Waals surface area (Å²) in [5, 5.41) is 0.668. The van der Waals surface area contributed by atoms with Gasteiger partial charge in [-0.3, -0.25) is 9.09 Å². The molecule has 2 aromatic carbocycles. The van der Waals surface area contributed by atoms with Crippen LogP contribution in [-0.4, -0.2) is 7.11 Å². The number of halogens is 1. The predicted molar refractivity (Wildman–Crippen MR) is 97.0 cm³/mol. The number of rotatable bonds is 3. The molecule has 114 valence electrons. The van der Waals surface area contributed by atoms with Crippen LogP contribution in [0.25, 0.3) is 5.31 Å². The fourth-order valence-electron chi connectivity index (χ4n) is 2.47.